The van der Waals surface area contributed by atoms with Crippen molar-refractivity contribution in [3.63, 3.8) is 0 Å². The van der Waals surface area contributed by atoms with E-state index < -0.39 is 0 Å². The Bertz CT molecular complexity index is 1270. The molecule has 1 fully saturated rings. The van der Waals surface area contributed by atoms with Gasteiger partial charge < -0.3 is 14.7 Å². The number of benzene rings is 2. The zero-order chi connectivity index (χ0) is 24.5. The smallest absolute Gasteiger partial charge is 0.232 e. The van der Waals surface area contributed by atoms with Crippen molar-refractivity contribution < 1.29 is 14.6 Å². The summed E-state index contributed by atoms with van der Waals surface area (Å²) in [4.78, 5) is 22.0. The maximum absolute atomic E-state index is 13.3. The van der Waals surface area contributed by atoms with Gasteiger partial charge in [-0.05, 0) is 73.3 Å². The number of rotatable bonds is 5. The molecule has 1 atom stereocenters. The van der Waals surface area contributed by atoms with Crippen LogP contribution in [0, 0.1) is 6.92 Å². The van der Waals surface area contributed by atoms with Gasteiger partial charge >= 0.3 is 0 Å². The fourth-order valence-electron chi connectivity index (χ4n) is 5.09. The maximum atomic E-state index is 13.3. The molecule has 3 heterocycles. The molecular formula is C29H31N3O3. The van der Waals surface area contributed by atoms with Crippen molar-refractivity contribution >= 4 is 17.5 Å². The Balaban J connectivity index is 1.47. The highest BCUT2D eigenvalue weighted by molar-refractivity contribution is 6.15. The molecule has 2 aromatic carbocycles. The Hall–Kier alpha value is -3.64. The zero-order valence-electron chi connectivity index (χ0n) is 20.5. The fourth-order valence-corrected chi connectivity index (χ4v) is 5.09. The lowest BCUT2D eigenvalue weighted by Crippen LogP contribution is -2.33. The second-order valence-electron chi connectivity index (χ2n) is 9.59. The topological polar surface area (TPSA) is 65.9 Å². The molecule has 0 unspecified atom stereocenters. The minimum atomic E-state index is -0.141. The van der Waals surface area contributed by atoms with E-state index in [1.165, 1.54) is 5.56 Å². The van der Waals surface area contributed by atoms with Crippen molar-refractivity contribution in [1.29, 1.82) is 0 Å². The number of hydrogen-bond donors (Lipinski definition) is 1. The van der Waals surface area contributed by atoms with Crippen molar-refractivity contribution in [1.82, 2.24) is 9.88 Å². The van der Waals surface area contributed by atoms with Crippen molar-refractivity contribution in [2.24, 2.45) is 0 Å². The van der Waals surface area contributed by atoms with Crippen LogP contribution in [0.2, 0.25) is 0 Å². The number of carbonyl (C=O) groups is 1. The molecular weight excluding hydrogens is 438 g/mol. The summed E-state index contributed by atoms with van der Waals surface area (Å²) in [6.45, 7) is 3.26. The van der Waals surface area contributed by atoms with Gasteiger partial charge in [0.2, 0.25) is 5.78 Å². The van der Waals surface area contributed by atoms with Crippen molar-refractivity contribution in [3.05, 3.63) is 88.4 Å². The van der Waals surface area contributed by atoms with Crippen LogP contribution in [0.1, 0.15) is 57.9 Å². The minimum absolute atomic E-state index is 0.141. The number of aryl methyl sites for hydroxylation is 1. The van der Waals surface area contributed by atoms with Crippen LogP contribution in [0.3, 0.4) is 0 Å². The van der Waals surface area contributed by atoms with Gasteiger partial charge in [-0.2, -0.15) is 0 Å². The van der Waals surface area contributed by atoms with Crippen LogP contribution in [-0.2, 0) is 6.54 Å². The highest BCUT2D eigenvalue weighted by Gasteiger charge is 2.35. The Morgan fingerprint density at radius 1 is 1.20 bits per heavy atom. The fraction of sp³-hybridized carbons (Fsp3) is 0.310. The number of aromatic hydroxyl groups is 1. The van der Waals surface area contributed by atoms with Crippen LogP contribution in [-0.4, -0.2) is 41.4 Å². The summed E-state index contributed by atoms with van der Waals surface area (Å²) in [6, 6.07) is 13.9. The minimum Gasteiger partial charge on any atom is -0.507 e. The Morgan fingerprint density at radius 2 is 2.00 bits per heavy atom. The number of anilines is 1. The van der Waals surface area contributed by atoms with Gasteiger partial charge in [-0.3, -0.25) is 14.7 Å². The van der Waals surface area contributed by atoms with Gasteiger partial charge in [0, 0.05) is 44.8 Å². The molecule has 0 bridgehead atoms. The third-order valence-corrected chi connectivity index (χ3v) is 6.97. The number of hydrogen-bond acceptors (Lipinski definition) is 6. The molecule has 6 nitrogen and oxygen atoms in total. The molecule has 0 amide bonds. The average molecular weight is 470 g/mol. The van der Waals surface area contributed by atoms with E-state index in [0.29, 0.717) is 23.4 Å². The number of aromatic nitrogens is 1. The number of likely N-dealkylation sites (tertiary alicyclic amines) is 1. The number of phenols is 1. The van der Waals surface area contributed by atoms with Gasteiger partial charge in [-0.25, -0.2) is 0 Å². The second kappa shape index (κ2) is 9.55. The predicted molar refractivity (Wildman–Crippen MR) is 138 cm³/mol. The number of Topliss-reactive ketones (excluding diaryl/α,β-unsaturated/α-hetero) is 1. The number of pyridine rings is 1. The molecule has 3 aromatic rings. The van der Waals surface area contributed by atoms with E-state index in [9.17, 15) is 9.90 Å². The van der Waals surface area contributed by atoms with E-state index in [-0.39, 0.29) is 23.3 Å². The Labute approximate surface area is 206 Å². The molecule has 0 aliphatic carbocycles. The molecule has 1 saturated heterocycles. The van der Waals surface area contributed by atoms with Crippen LogP contribution in [0.15, 0.2) is 60.6 Å². The van der Waals surface area contributed by atoms with Crippen molar-refractivity contribution in [2.45, 2.75) is 38.8 Å². The molecule has 2 aliphatic rings. The normalized spacial score (nSPS) is 19.0. The molecule has 6 heteroatoms. The van der Waals surface area contributed by atoms with Gasteiger partial charge in [-0.15, -0.1) is 0 Å². The average Bonchev–Trinajstić information content (AvgIpc) is 3.19. The van der Waals surface area contributed by atoms with E-state index >= 15 is 0 Å². The molecule has 0 saturated carbocycles. The molecule has 35 heavy (non-hydrogen) atoms. The molecule has 180 valence electrons. The lowest BCUT2D eigenvalue weighted by molar-refractivity contribution is 0.101. The second-order valence-corrected chi connectivity index (χ2v) is 9.59. The number of ketones is 1. The third kappa shape index (κ3) is 4.54. The maximum Gasteiger partial charge on any atom is 0.232 e. The first kappa shape index (κ1) is 23.1. The third-order valence-electron chi connectivity index (χ3n) is 6.97. The number of ether oxygens (including phenoxy) is 1. The number of phenolic OH excluding ortho intramolecular Hbond substituents is 1. The molecule has 0 spiro atoms. The summed E-state index contributed by atoms with van der Waals surface area (Å²) >= 11 is 0. The Kier molecular flexibility index (Phi) is 6.31. The largest absolute Gasteiger partial charge is 0.507 e. The van der Waals surface area contributed by atoms with Crippen LogP contribution < -0.4 is 9.64 Å². The van der Waals surface area contributed by atoms with E-state index in [1.54, 1.807) is 18.3 Å². The molecule has 1 aromatic heterocycles. The van der Waals surface area contributed by atoms with Crippen LogP contribution >= 0.6 is 0 Å². The lowest BCUT2D eigenvalue weighted by Gasteiger charge is -2.36. The van der Waals surface area contributed by atoms with Crippen molar-refractivity contribution in [2.75, 3.05) is 25.5 Å². The van der Waals surface area contributed by atoms with E-state index in [4.69, 9.17) is 4.74 Å². The van der Waals surface area contributed by atoms with Crippen LogP contribution in [0.25, 0.3) is 6.08 Å². The van der Waals surface area contributed by atoms with E-state index in [0.717, 1.165) is 42.6 Å². The van der Waals surface area contributed by atoms with E-state index in [2.05, 4.69) is 16.0 Å². The molecule has 0 radical (unpaired) electrons. The lowest BCUT2D eigenvalue weighted by atomic mass is 9.94. The number of carbonyl (C=O) groups excluding carboxylic acids is 1. The van der Waals surface area contributed by atoms with Crippen molar-refractivity contribution in [3.8, 4) is 11.5 Å². The first-order chi connectivity index (χ1) is 16.9. The van der Waals surface area contributed by atoms with Crippen LogP contribution in [0.4, 0.5) is 5.69 Å². The monoisotopic (exact) mass is 469 g/mol. The van der Waals surface area contributed by atoms with E-state index in [1.807, 2.05) is 62.4 Å². The predicted octanol–water partition coefficient (Wildman–Crippen LogP) is 5.51. The molecule has 5 rings (SSSR count). The number of fused-ring (bicyclic) bond motifs is 1. The van der Waals surface area contributed by atoms with Gasteiger partial charge in [0.1, 0.15) is 11.5 Å². The first-order valence-corrected chi connectivity index (χ1v) is 12.1. The number of piperidine rings is 1. The van der Waals surface area contributed by atoms with Crippen LogP contribution in [0.5, 0.6) is 11.5 Å². The van der Waals surface area contributed by atoms with Gasteiger partial charge in [0.05, 0.1) is 11.1 Å². The zero-order valence-corrected chi connectivity index (χ0v) is 20.5. The SMILES string of the molecule is Cc1cc(O)c(CN2CCCC[C@H]2c2cccnc2)c2c1C(=O)/C(=C/c1ccc(N(C)C)cc1)O2. The highest BCUT2D eigenvalue weighted by atomic mass is 16.5. The standard InChI is InChI=1S/C29H31N3O3/c1-19-15-25(33)23(18-32-14-5-4-8-24(32)21-7-6-13-30-17-21)29-27(19)28(34)26(35-29)16-20-9-11-22(12-10-20)31(2)3/h6-7,9-13,15-17,24,33H,4-5,8,14,18H2,1-3H3/b26-16-/t24-/m0/s1. The van der Waals surface area contributed by atoms with Gasteiger partial charge in [0.25, 0.3) is 0 Å². The summed E-state index contributed by atoms with van der Waals surface area (Å²) in [6.07, 6.45) is 8.78. The molecule has 1 N–H and O–H groups in total. The summed E-state index contributed by atoms with van der Waals surface area (Å²) in [5.41, 5.74) is 5.09. The highest BCUT2D eigenvalue weighted by Crippen LogP contribution is 2.44. The van der Waals surface area contributed by atoms with Gasteiger partial charge in [-0.1, -0.05) is 24.6 Å². The summed E-state index contributed by atoms with van der Waals surface area (Å²) in [5, 5.41) is 10.9. The van der Waals surface area contributed by atoms with Gasteiger partial charge in [0.15, 0.2) is 5.76 Å². The summed E-state index contributed by atoms with van der Waals surface area (Å²) < 4.78 is 6.18. The Morgan fingerprint density at radius 3 is 2.71 bits per heavy atom. The summed E-state index contributed by atoms with van der Waals surface area (Å²) in [7, 11) is 3.98. The summed E-state index contributed by atoms with van der Waals surface area (Å²) in [5.74, 6) is 0.799. The first-order valence-electron chi connectivity index (χ1n) is 12.1. The number of allylic oxidation sites excluding steroid dienone is 1. The quantitative estimate of drug-likeness (QED) is 0.498. The number of nitrogens with zero attached hydrogens (tertiary/aromatic N) is 3. The molecule has 2 aliphatic heterocycles.